The fourth-order valence-electron chi connectivity index (χ4n) is 1.68. The highest BCUT2D eigenvalue weighted by molar-refractivity contribution is 5.70. The summed E-state index contributed by atoms with van der Waals surface area (Å²) in [7, 11) is 0. The van der Waals surface area contributed by atoms with Crippen molar-refractivity contribution in [2.75, 3.05) is 0 Å². The van der Waals surface area contributed by atoms with Crippen LogP contribution < -0.4 is 11.2 Å². The summed E-state index contributed by atoms with van der Waals surface area (Å²) < 4.78 is 5.31. The van der Waals surface area contributed by atoms with Crippen molar-refractivity contribution in [3.05, 3.63) is 11.8 Å². The van der Waals surface area contributed by atoms with Crippen LogP contribution in [0.2, 0.25) is 0 Å². The highest BCUT2D eigenvalue weighted by Crippen LogP contribution is 2.39. The van der Waals surface area contributed by atoms with Gasteiger partial charge < -0.3 is 10.5 Å². The first-order valence-corrected chi connectivity index (χ1v) is 5.63. The maximum absolute atomic E-state index is 11.9. The zero-order valence-corrected chi connectivity index (χ0v) is 9.99. The largest absolute Gasteiger partial charge is 0.442 e. The molecule has 2 aliphatic rings. The Morgan fingerprint density at radius 2 is 2.19 bits per heavy atom. The lowest BCUT2D eigenvalue weighted by molar-refractivity contribution is 0.0224. The lowest BCUT2D eigenvalue weighted by atomic mass is 10.2. The van der Waals surface area contributed by atoms with Crippen molar-refractivity contribution in [2.45, 2.75) is 45.4 Å². The molecule has 0 spiro atoms. The molecule has 0 saturated heterocycles. The number of amides is 1. The molecular formula is C11H19N3O2. The summed E-state index contributed by atoms with van der Waals surface area (Å²) in [6.45, 7) is 5.55. The molecule has 1 saturated carbocycles. The minimum Gasteiger partial charge on any atom is -0.442 e. The average Bonchev–Trinajstić information content (AvgIpc) is 2.87. The summed E-state index contributed by atoms with van der Waals surface area (Å²) in [6.07, 6.45) is 3.47. The van der Waals surface area contributed by atoms with Crippen molar-refractivity contribution in [1.29, 1.82) is 0 Å². The van der Waals surface area contributed by atoms with E-state index in [1.807, 2.05) is 26.8 Å². The molecule has 5 heteroatoms. The highest BCUT2D eigenvalue weighted by atomic mass is 16.6. The van der Waals surface area contributed by atoms with Crippen LogP contribution in [0.5, 0.6) is 0 Å². The lowest BCUT2D eigenvalue weighted by Crippen LogP contribution is -2.47. The fraction of sp³-hybridized carbons (Fsp3) is 0.727. The number of hydrogen-bond acceptors (Lipinski definition) is 4. The smallest absolute Gasteiger partial charge is 0.429 e. The molecule has 1 amide bonds. The molecule has 0 radical (unpaired) electrons. The quantitative estimate of drug-likeness (QED) is 0.706. The zero-order chi connectivity index (χ0) is 11.9. The molecule has 0 bridgehead atoms. The van der Waals surface area contributed by atoms with Crippen LogP contribution in [0.4, 0.5) is 4.79 Å². The van der Waals surface area contributed by atoms with Crippen LogP contribution in [-0.4, -0.2) is 22.9 Å². The third-order valence-corrected chi connectivity index (χ3v) is 2.46. The normalized spacial score (nSPS) is 25.6. The van der Waals surface area contributed by atoms with Gasteiger partial charge in [0.15, 0.2) is 0 Å². The number of allylic oxidation sites excluding steroid dienone is 1. The molecule has 90 valence electrons. The SMILES string of the molecule is CC(C)(C)OC(=O)N1NC(N)C=C1C1CC1. The molecular weight excluding hydrogens is 206 g/mol. The Balaban J connectivity index is 2.04. The van der Waals surface area contributed by atoms with Crippen molar-refractivity contribution in [1.82, 2.24) is 10.4 Å². The van der Waals surface area contributed by atoms with Crippen LogP contribution in [-0.2, 0) is 4.74 Å². The number of hydrazine groups is 1. The van der Waals surface area contributed by atoms with E-state index in [4.69, 9.17) is 10.5 Å². The van der Waals surface area contributed by atoms with E-state index in [1.165, 1.54) is 5.01 Å². The predicted molar refractivity (Wildman–Crippen MR) is 60.0 cm³/mol. The molecule has 1 aliphatic heterocycles. The Morgan fingerprint density at radius 1 is 1.56 bits per heavy atom. The van der Waals surface area contributed by atoms with Crippen molar-refractivity contribution < 1.29 is 9.53 Å². The molecule has 0 aromatic carbocycles. The molecule has 16 heavy (non-hydrogen) atoms. The van der Waals surface area contributed by atoms with Crippen LogP contribution in [0.15, 0.2) is 11.8 Å². The Kier molecular flexibility index (Phi) is 2.67. The third kappa shape index (κ3) is 2.54. The van der Waals surface area contributed by atoms with E-state index < -0.39 is 5.60 Å². The first-order valence-electron chi connectivity index (χ1n) is 5.63. The van der Waals surface area contributed by atoms with Gasteiger partial charge in [-0.2, -0.15) is 0 Å². The second-order valence-electron chi connectivity index (χ2n) is 5.34. The Hall–Kier alpha value is -1.07. The van der Waals surface area contributed by atoms with Gasteiger partial charge in [-0.1, -0.05) is 0 Å². The molecule has 2 rings (SSSR count). The summed E-state index contributed by atoms with van der Waals surface area (Å²) in [5, 5.41) is 1.45. The van der Waals surface area contributed by atoms with Gasteiger partial charge in [-0.25, -0.2) is 15.2 Å². The summed E-state index contributed by atoms with van der Waals surface area (Å²) in [6, 6.07) is 0. The predicted octanol–water partition coefficient (Wildman–Crippen LogP) is 1.32. The summed E-state index contributed by atoms with van der Waals surface area (Å²) in [5.41, 5.74) is 9.11. The summed E-state index contributed by atoms with van der Waals surface area (Å²) >= 11 is 0. The first-order chi connectivity index (χ1) is 7.37. The Morgan fingerprint density at radius 3 is 2.69 bits per heavy atom. The second-order valence-corrected chi connectivity index (χ2v) is 5.34. The van der Waals surface area contributed by atoms with E-state index in [0.717, 1.165) is 18.5 Å². The Labute approximate surface area is 95.6 Å². The van der Waals surface area contributed by atoms with Gasteiger partial charge in [0.25, 0.3) is 0 Å². The third-order valence-electron chi connectivity index (χ3n) is 2.46. The van der Waals surface area contributed by atoms with E-state index in [-0.39, 0.29) is 12.3 Å². The van der Waals surface area contributed by atoms with E-state index in [0.29, 0.717) is 5.92 Å². The monoisotopic (exact) mass is 225 g/mol. The van der Waals surface area contributed by atoms with Crippen molar-refractivity contribution in [3.63, 3.8) is 0 Å². The van der Waals surface area contributed by atoms with Gasteiger partial charge in [-0.15, -0.1) is 0 Å². The number of ether oxygens (including phenoxy) is 1. The Bertz CT molecular complexity index is 329. The standard InChI is InChI=1S/C11H19N3O2/c1-11(2,3)16-10(15)14-8(7-4-5-7)6-9(12)13-14/h6-7,9,13H,4-5,12H2,1-3H3. The lowest BCUT2D eigenvalue weighted by Gasteiger charge is -2.26. The molecule has 1 aliphatic carbocycles. The first kappa shape index (κ1) is 11.4. The van der Waals surface area contributed by atoms with Gasteiger partial charge in [0, 0.05) is 11.6 Å². The maximum Gasteiger partial charge on any atom is 0.429 e. The average molecular weight is 225 g/mol. The minimum absolute atomic E-state index is 0.289. The molecule has 1 heterocycles. The summed E-state index contributed by atoms with van der Waals surface area (Å²) in [5.74, 6) is 0.466. The molecule has 1 fully saturated rings. The number of carbonyl (C=O) groups is 1. The topological polar surface area (TPSA) is 67.6 Å². The molecule has 3 N–H and O–H groups in total. The van der Waals surface area contributed by atoms with E-state index in [1.54, 1.807) is 0 Å². The van der Waals surface area contributed by atoms with Crippen molar-refractivity contribution in [2.24, 2.45) is 11.7 Å². The molecule has 5 nitrogen and oxygen atoms in total. The van der Waals surface area contributed by atoms with Gasteiger partial charge in [0.1, 0.15) is 5.60 Å². The number of rotatable bonds is 1. The van der Waals surface area contributed by atoms with Gasteiger partial charge in [-0.3, -0.25) is 0 Å². The van der Waals surface area contributed by atoms with Gasteiger partial charge in [0.05, 0.1) is 6.17 Å². The highest BCUT2D eigenvalue weighted by Gasteiger charge is 2.38. The maximum atomic E-state index is 11.9. The van der Waals surface area contributed by atoms with Crippen LogP contribution in [0.1, 0.15) is 33.6 Å². The number of carbonyl (C=O) groups excluding carboxylic acids is 1. The molecule has 1 atom stereocenters. The van der Waals surface area contributed by atoms with E-state index >= 15 is 0 Å². The van der Waals surface area contributed by atoms with Crippen LogP contribution in [0, 0.1) is 5.92 Å². The van der Waals surface area contributed by atoms with Crippen LogP contribution in [0.25, 0.3) is 0 Å². The second kappa shape index (κ2) is 3.75. The molecule has 1 unspecified atom stereocenters. The molecule has 0 aromatic heterocycles. The number of nitrogens with two attached hydrogens (primary N) is 1. The number of hydrogen-bond donors (Lipinski definition) is 2. The van der Waals surface area contributed by atoms with Crippen LogP contribution >= 0.6 is 0 Å². The fourth-order valence-corrected chi connectivity index (χ4v) is 1.68. The van der Waals surface area contributed by atoms with Gasteiger partial charge >= 0.3 is 6.09 Å². The summed E-state index contributed by atoms with van der Waals surface area (Å²) in [4.78, 5) is 11.9. The number of nitrogens with zero attached hydrogens (tertiary/aromatic N) is 1. The van der Waals surface area contributed by atoms with E-state index in [9.17, 15) is 4.79 Å². The molecule has 0 aromatic rings. The van der Waals surface area contributed by atoms with Gasteiger partial charge in [-0.05, 0) is 39.7 Å². The van der Waals surface area contributed by atoms with Gasteiger partial charge in [0.2, 0.25) is 0 Å². The van der Waals surface area contributed by atoms with E-state index in [2.05, 4.69) is 5.43 Å². The van der Waals surface area contributed by atoms with Crippen LogP contribution in [0.3, 0.4) is 0 Å². The minimum atomic E-state index is -0.486. The van der Waals surface area contributed by atoms with Crippen molar-refractivity contribution >= 4 is 6.09 Å². The number of nitrogens with one attached hydrogen (secondary N) is 1. The van der Waals surface area contributed by atoms with Crippen molar-refractivity contribution in [3.8, 4) is 0 Å². The zero-order valence-electron chi connectivity index (χ0n) is 9.99.